The lowest BCUT2D eigenvalue weighted by Gasteiger charge is -2.12. The predicted octanol–water partition coefficient (Wildman–Crippen LogP) is 4.97. The van der Waals surface area contributed by atoms with Crippen molar-refractivity contribution in [2.45, 2.75) is 26.5 Å². The van der Waals surface area contributed by atoms with Gasteiger partial charge in [-0.15, -0.1) is 0 Å². The van der Waals surface area contributed by atoms with Gasteiger partial charge in [-0.05, 0) is 81.7 Å². The Labute approximate surface area is 190 Å². The van der Waals surface area contributed by atoms with Crippen molar-refractivity contribution in [3.8, 4) is 11.8 Å². The van der Waals surface area contributed by atoms with Gasteiger partial charge in [-0.3, -0.25) is 14.9 Å². The van der Waals surface area contributed by atoms with Gasteiger partial charge in [0.05, 0.1) is 13.0 Å². The fourth-order valence-corrected chi connectivity index (χ4v) is 4.14. The Morgan fingerprint density at radius 3 is 2.72 bits per heavy atom. The van der Waals surface area contributed by atoms with Crippen LogP contribution in [0.5, 0.6) is 5.75 Å². The topological polar surface area (TPSA) is 105 Å². The third-order valence-corrected chi connectivity index (χ3v) is 5.01. The number of rotatable bonds is 7. The lowest BCUT2D eigenvalue weighted by Crippen LogP contribution is -2.30. The van der Waals surface area contributed by atoms with Gasteiger partial charge in [-0.1, -0.05) is 12.1 Å². The first-order valence-electron chi connectivity index (χ1n) is 8.49. The van der Waals surface area contributed by atoms with Crippen molar-refractivity contribution < 1.29 is 14.5 Å². The number of carbonyl (C=O) groups excluding carboxylic acids is 1. The van der Waals surface area contributed by atoms with Gasteiger partial charge >= 0.3 is 0 Å². The number of carbonyl (C=O) groups is 1. The zero-order valence-electron chi connectivity index (χ0n) is 15.6. The number of non-ortho nitro benzene ring substituents is 1. The molecule has 0 spiro atoms. The standard InChI is InChI=1S/C20H17BrIN3O4/c1-12(2)24-20(26)15(10-23)6-14-8-17(21)19(18(22)9-14)29-11-13-4-3-5-16(7-13)25(27)28/h3-9,12H,11H2,1-2H3,(H,24,26)/b15-6-. The Balaban J connectivity index is 2.22. The number of hydrogen-bond acceptors (Lipinski definition) is 5. The normalized spacial score (nSPS) is 11.1. The van der Waals surface area contributed by atoms with Gasteiger partial charge in [0, 0.05) is 18.2 Å². The van der Waals surface area contributed by atoms with E-state index in [0.717, 1.165) is 3.57 Å². The molecule has 0 saturated carbocycles. The van der Waals surface area contributed by atoms with Crippen LogP contribution in [0.1, 0.15) is 25.0 Å². The Hall–Kier alpha value is -2.45. The number of nitro groups is 1. The number of nitrogens with one attached hydrogen (secondary N) is 1. The molecule has 150 valence electrons. The van der Waals surface area contributed by atoms with Crippen LogP contribution in [0.4, 0.5) is 5.69 Å². The molecule has 0 aliphatic rings. The number of benzene rings is 2. The minimum Gasteiger partial charge on any atom is -0.487 e. The van der Waals surface area contributed by atoms with Crippen LogP contribution in [0, 0.1) is 25.0 Å². The highest BCUT2D eigenvalue weighted by Gasteiger charge is 2.13. The van der Waals surface area contributed by atoms with Crippen molar-refractivity contribution in [1.29, 1.82) is 5.26 Å². The zero-order valence-corrected chi connectivity index (χ0v) is 19.4. The summed E-state index contributed by atoms with van der Waals surface area (Å²) in [6.07, 6.45) is 1.51. The third-order valence-electron chi connectivity index (χ3n) is 3.62. The molecule has 0 bridgehead atoms. The van der Waals surface area contributed by atoms with E-state index in [1.807, 2.05) is 19.9 Å². The fraction of sp³-hybridized carbons (Fsp3) is 0.200. The Morgan fingerprint density at radius 2 is 2.14 bits per heavy atom. The van der Waals surface area contributed by atoms with Crippen LogP contribution in [-0.2, 0) is 11.4 Å². The average molecular weight is 570 g/mol. The number of nitrogens with zero attached hydrogens (tertiary/aromatic N) is 2. The monoisotopic (exact) mass is 569 g/mol. The summed E-state index contributed by atoms with van der Waals surface area (Å²) in [6, 6.07) is 11.6. The van der Waals surface area contributed by atoms with Crippen molar-refractivity contribution >= 4 is 56.2 Å². The maximum atomic E-state index is 12.1. The fourth-order valence-electron chi connectivity index (χ4n) is 2.37. The summed E-state index contributed by atoms with van der Waals surface area (Å²) in [5.41, 5.74) is 1.35. The summed E-state index contributed by atoms with van der Waals surface area (Å²) >= 11 is 5.54. The molecule has 0 heterocycles. The molecule has 2 aromatic rings. The Bertz CT molecular complexity index is 992. The third kappa shape index (κ3) is 6.54. The highest BCUT2D eigenvalue weighted by molar-refractivity contribution is 14.1. The van der Waals surface area contributed by atoms with Gasteiger partial charge in [0.2, 0.25) is 0 Å². The first-order valence-corrected chi connectivity index (χ1v) is 10.4. The zero-order chi connectivity index (χ0) is 21.6. The van der Waals surface area contributed by atoms with Gasteiger partial charge in [0.15, 0.2) is 0 Å². The number of nitriles is 1. The van der Waals surface area contributed by atoms with Crippen molar-refractivity contribution in [3.63, 3.8) is 0 Å². The molecule has 1 N–H and O–H groups in total. The van der Waals surface area contributed by atoms with E-state index < -0.39 is 10.8 Å². The van der Waals surface area contributed by atoms with Crippen LogP contribution in [0.2, 0.25) is 0 Å². The van der Waals surface area contributed by atoms with Crippen molar-refractivity contribution in [3.05, 3.63) is 71.3 Å². The molecule has 2 rings (SSSR count). The van der Waals surface area contributed by atoms with E-state index in [9.17, 15) is 20.2 Å². The quantitative estimate of drug-likeness (QED) is 0.167. The highest BCUT2D eigenvalue weighted by Crippen LogP contribution is 2.33. The van der Waals surface area contributed by atoms with E-state index in [1.54, 1.807) is 24.3 Å². The summed E-state index contributed by atoms with van der Waals surface area (Å²) in [6.45, 7) is 3.80. The van der Waals surface area contributed by atoms with Crippen molar-refractivity contribution in [2.24, 2.45) is 0 Å². The molecule has 0 fully saturated rings. The lowest BCUT2D eigenvalue weighted by molar-refractivity contribution is -0.384. The van der Waals surface area contributed by atoms with Crippen LogP contribution in [0.15, 0.2) is 46.4 Å². The highest BCUT2D eigenvalue weighted by atomic mass is 127. The van der Waals surface area contributed by atoms with Gasteiger partial charge in [-0.2, -0.15) is 5.26 Å². The second-order valence-electron chi connectivity index (χ2n) is 6.33. The minimum absolute atomic E-state index is 0.00375. The molecule has 29 heavy (non-hydrogen) atoms. The summed E-state index contributed by atoms with van der Waals surface area (Å²) in [5, 5.41) is 22.9. The maximum Gasteiger partial charge on any atom is 0.269 e. The number of hydrogen-bond donors (Lipinski definition) is 1. The van der Waals surface area contributed by atoms with Gasteiger partial charge in [0.1, 0.15) is 24.0 Å². The average Bonchev–Trinajstić information content (AvgIpc) is 2.65. The van der Waals surface area contributed by atoms with Crippen LogP contribution in [0.25, 0.3) is 6.08 Å². The molecule has 0 atom stereocenters. The number of nitro benzene ring substituents is 1. The molecular weight excluding hydrogens is 553 g/mol. The van der Waals surface area contributed by atoms with E-state index in [4.69, 9.17) is 4.74 Å². The van der Waals surface area contributed by atoms with E-state index in [2.05, 4.69) is 43.8 Å². The molecule has 0 aliphatic heterocycles. The Morgan fingerprint density at radius 1 is 1.41 bits per heavy atom. The van der Waals surface area contributed by atoms with Gasteiger partial charge < -0.3 is 10.1 Å². The van der Waals surface area contributed by atoms with Crippen LogP contribution in [0.3, 0.4) is 0 Å². The molecule has 9 heteroatoms. The molecule has 2 aromatic carbocycles. The van der Waals surface area contributed by atoms with Crippen molar-refractivity contribution in [2.75, 3.05) is 0 Å². The molecular formula is C20H17BrIN3O4. The molecule has 0 saturated heterocycles. The summed E-state index contributed by atoms with van der Waals surface area (Å²) in [7, 11) is 0. The second kappa shape index (κ2) is 10.4. The number of ether oxygens (including phenoxy) is 1. The predicted molar refractivity (Wildman–Crippen MR) is 121 cm³/mol. The first kappa shape index (κ1) is 22.8. The minimum atomic E-state index is -0.452. The van der Waals surface area contributed by atoms with Crippen LogP contribution >= 0.6 is 38.5 Å². The smallest absolute Gasteiger partial charge is 0.269 e. The van der Waals surface area contributed by atoms with E-state index >= 15 is 0 Å². The number of halogens is 2. The Kier molecular flexibility index (Phi) is 8.16. The van der Waals surface area contributed by atoms with Crippen LogP contribution < -0.4 is 10.1 Å². The summed E-state index contributed by atoms with van der Waals surface area (Å²) < 4.78 is 7.23. The molecule has 0 aromatic heterocycles. The molecule has 0 radical (unpaired) electrons. The van der Waals surface area contributed by atoms with Gasteiger partial charge in [-0.25, -0.2) is 0 Å². The van der Waals surface area contributed by atoms with Crippen molar-refractivity contribution in [1.82, 2.24) is 5.32 Å². The number of amides is 1. The second-order valence-corrected chi connectivity index (χ2v) is 8.34. The summed E-state index contributed by atoms with van der Waals surface area (Å²) in [4.78, 5) is 22.5. The molecule has 1 amide bonds. The maximum absolute atomic E-state index is 12.1. The van der Waals surface area contributed by atoms with E-state index in [0.29, 0.717) is 21.3 Å². The SMILES string of the molecule is CC(C)NC(=O)/C(C#N)=C\c1cc(Br)c(OCc2cccc([N+](=O)[O-])c2)c(I)c1. The van der Waals surface area contributed by atoms with Crippen LogP contribution in [-0.4, -0.2) is 16.9 Å². The largest absolute Gasteiger partial charge is 0.487 e. The van der Waals surface area contributed by atoms with E-state index in [-0.39, 0.29) is 23.9 Å². The molecule has 7 nitrogen and oxygen atoms in total. The van der Waals surface area contributed by atoms with Gasteiger partial charge in [0.25, 0.3) is 11.6 Å². The summed E-state index contributed by atoms with van der Waals surface area (Å²) in [5.74, 6) is 0.138. The molecule has 0 aliphatic carbocycles. The van der Waals surface area contributed by atoms with E-state index in [1.165, 1.54) is 18.2 Å². The molecule has 0 unspecified atom stereocenters. The lowest BCUT2D eigenvalue weighted by atomic mass is 10.1. The first-order chi connectivity index (χ1) is 13.7.